The van der Waals surface area contributed by atoms with Crippen molar-refractivity contribution in [3.63, 3.8) is 0 Å². The number of hydrogen-bond donors (Lipinski definition) is 2. The second-order valence-corrected chi connectivity index (χ2v) is 7.24. The summed E-state index contributed by atoms with van der Waals surface area (Å²) in [6, 6.07) is 11.8. The molecule has 0 radical (unpaired) electrons. The van der Waals surface area contributed by atoms with E-state index in [9.17, 15) is 14.9 Å². The van der Waals surface area contributed by atoms with Gasteiger partial charge in [-0.3, -0.25) is 20.2 Å². The van der Waals surface area contributed by atoms with Crippen LogP contribution in [0.25, 0.3) is 10.1 Å². The molecule has 1 aromatic heterocycles. The number of aryl methyl sites for hydroxylation is 1. The number of amides is 1. The lowest BCUT2D eigenvalue weighted by molar-refractivity contribution is -0.384. The summed E-state index contributed by atoms with van der Waals surface area (Å²) >= 11 is 12.7. The number of thiophene rings is 1. The molecule has 3 rings (SSSR count). The van der Waals surface area contributed by atoms with Gasteiger partial charge in [0, 0.05) is 27.9 Å². The Morgan fingerprint density at radius 1 is 1.27 bits per heavy atom. The van der Waals surface area contributed by atoms with Crippen molar-refractivity contribution in [3.05, 3.63) is 68.0 Å². The van der Waals surface area contributed by atoms with Gasteiger partial charge in [-0.1, -0.05) is 35.9 Å². The van der Waals surface area contributed by atoms with Gasteiger partial charge >= 0.3 is 0 Å². The van der Waals surface area contributed by atoms with Gasteiger partial charge in [-0.2, -0.15) is 0 Å². The highest BCUT2D eigenvalue weighted by atomic mass is 35.5. The van der Waals surface area contributed by atoms with Crippen LogP contribution in [0.2, 0.25) is 5.02 Å². The molecule has 9 heteroatoms. The molecule has 6 nitrogen and oxygen atoms in total. The Morgan fingerprint density at radius 3 is 2.69 bits per heavy atom. The zero-order valence-electron chi connectivity index (χ0n) is 13.4. The number of anilines is 1. The summed E-state index contributed by atoms with van der Waals surface area (Å²) in [7, 11) is 0. The Labute approximate surface area is 162 Å². The zero-order chi connectivity index (χ0) is 18.8. The molecule has 0 fully saturated rings. The first-order valence-corrected chi connectivity index (χ1v) is 9.01. The molecule has 3 aromatic rings. The molecule has 1 amide bonds. The zero-order valence-corrected chi connectivity index (χ0v) is 15.8. The number of benzene rings is 2. The normalized spacial score (nSPS) is 10.5. The molecule has 0 saturated heterocycles. The summed E-state index contributed by atoms with van der Waals surface area (Å²) in [6.45, 7) is 1.78. The maximum absolute atomic E-state index is 12.5. The molecule has 132 valence electrons. The Hall–Kier alpha value is -2.55. The molecule has 26 heavy (non-hydrogen) atoms. The first-order chi connectivity index (χ1) is 12.4. The third-order valence-electron chi connectivity index (χ3n) is 3.65. The van der Waals surface area contributed by atoms with Crippen molar-refractivity contribution in [1.29, 1.82) is 0 Å². The average molecular weight is 406 g/mol. The minimum absolute atomic E-state index is 0.0344. The molecule has 0 aliphatic carbocycles. The van der Waals surface area contributed by atoms with Gasteiger partial charge in [-0.15, -0.1) is 11.3 Å². The van der Waals surface area contributed by atoms with Crippen molar-refractivity contribution in [2.75, 3.05) is 5.32 Å². The predicted molar refractivity (Wildman–Crippen MR) is 108 cm³/mol. The smallest absolute Gasteiger partial charge is 0.271 e. The minimum Gasteiger partial charge on any atom is -0.332 e. The fourth-order valence-electron chi connectivity index (χ4n) is 2.33. The number of nitro benzene ring substituents is 1. The van der Waals surface area contributed by atoms with Crippen LogP contribution in [-0.2, 0) is 0 Å². The summed E-state index contributed by atoms with van der Waals surface area (Å²) < 4.78 is 0.899. The van der Waals surface area contributed by atoms with Gasteiger partial charge in [0.2, 0.25) is 0 Å². The average Bonchev–Trinajstić information content (AvgIpc) is 2.94. The number of fused-ring (bicyclic) bond motifs is 1. The van der Waals surface area contributed by atoms with Crippen LogP contribution in [-0.4, -0.2) is 15.9 Å². The lowest BCUT2D eigenvalue weighted by Crippen LogP contribution is -2.34. The highest BCUT2D eigenvalue weighted by molar-refractivity contribution is 7.80. The number of non-ortho nitro benzene ring substituents is 1. The maximum atomic E-state index is 12.5. The van der Waals surface area contributed by atoms with Gasteiger partial charge in [0.15, 0.2) is 5.11 Å². The molecular weight excluding hydrogens is 394 g/mol. The Morgan fingerprint density at radius 2 is 2.00 bits per heavy atom. The monoisotopic (exact) mass is 405 g/mol. The molecule has 0 saturated carbocycles. The van der Waals surface area contributed by atoms with E-state index >= 15 is 0 Å². The number of thiocarbonyl (C=S) groups is 1. The summed E-state index contributed by atoms with van der Waals surface area (Å²) in [6.07, 6.45) is 0. The fraction of sp³-hybridized carbons (Fsp3) is 0.0588. The van der Waals surface area contributed by atoms with Crippen LogP contribution in [0.5, 0.6) is 0 Å². The second kappa shape index (κ2) is 7.36. The van der Waals surface area contributed by atoms with Crippen LogP contribution in [0.4, 0.5) is 11.4 Å². The largest absolute Gasteiger partial charge is 0.332 e. The summed E-state index contributed by atoms with van der Waals surface area (Å²) in [5.41, 5.74) is 1.14. The predicted octanol–water partition coefficient (Wildman–Crippen LogP) is 4.90. The standard InChI is InChI=1S/C17H12ClN3O3S2/c1-9-6-7-10(21(23)24)8-12(9)19-17(25)20-16(22)15-14(18)11-4-2-3-5-13(11)26-15/h2-8H,1H3,(H2,19,20,22,25). The van der Waals surface area contributed by atoms with Crippen molar-refractivity contribution in [3.8, 4) is 0 Å². The lowest BCUT2D eigenvalue weighted by atomic mass is 10.2. The van der Waals surface area contributed by atoms with Gasteiger partial charge in [0.05, 0.1) is 9.95 Å². The quantitative estimate of drug-likeness (QED) is 0.368. The summed E-state index contributed by atoms with van der Waals surface area (Å²) in [5, 5.41) is 17.5. The van der Waals surface area contributed by atoms with Crippen molar-refractivity contribution in [2.45, 2.75) is 6.92 Å². The molecule has 0 aliphatic rings. The highest BCUT2D eigenvalue weighted by Gasteiger charge is 2.18. The van der Waals surface area contributed by atoms with Crippen LogP contribution in [0.3, 0.4) is 0 Å². The number of carbonyl (C=O) groups excluding carboxylic acids is 1. The van der Waals surface area contributed by atoms with E-state index in [1.54, 1.807) is 13.0 Å². The van der Waals surface area contributed by atoms with Gasteiger partial charge in [0.1, 0.15) is 4.88 Å². The van der Waals surface area contributed by atoms with E-state index in [1.807, 2.05) is 24.3 Å². The number of nitrogens with one attached hydrogen (secondary N) is 2. The van der Waals surface area contributed by atoms with E-state index in [2.05, 4.69) is 10.6 Å². The number of carbonyl (C=O) groups is 1. The van der Waals surface area contributed by atoms with Crippen LogP contribution in [0, 0.1) is 17.0 Å². The van der Waals surface area contributed by atoms with Crippen LogP contribution in [0.15, 0.2) is 42.5 Å². The number of halogens is 1. The molecule has 2 N–H and O–H groups in total. The second-order valence-electron chi connectivity index (χ2n) is 5.41. The fourth-order valence-corrected chi connectivity index (χ4v) is 3.95. The number of hydrogen-bond acceptors (Lipinski definition) is 5. The van der Waals surface area contributed by atoms with Gasteiger partial charge in [0.25, 0.3) is 11.6 Å². The van der Waals surface area contributed by atoms with E-state index < -0.39 is 10.8 Å². The van der Waals surface area contributed by atoms with E-state index in [4.69, 9.17) is 23.8 Å². The Bertz CT molecular complexity index is 1050. The summed E-state index contributed by atoms with van der Waals surface area (Å²) in [5.74, 6) is -0.434. The molecule has 0 aliphatic heterocycles. The van der Waals surface area contributed by atoms with Crippen molar-refractivity contribution < 1.29 is 9.72 Å². The molecule has 0 bridgehead atoms. The third-order valence-corrected chi connectivity index (χ3v) is 5.53. The molecule has 2 aromatic carbocycles. The van der Waals surface area contributed by atoms with E-state index in [0.717, 1.165) is 15.6 Å². The molecule has 0 atom stereocenters. The van der Waals surface area contributed by atoms with Crippen LogP contribution in [0.1, 0.15) is 15.2 Å². The number of rotatable bonds is 3. The van der Waals surface area contributed by atoms with Crippen LogP contribution < -0.4 is 10.6 Å². The van der Waals surface area contributed by atoms with Crippen molar-refractivity contribution >= 4 is 67.6 Å². The first-order valence-electron chi connectivity index (χ1n) is 7.41. The third kappa shape index (κ3) is 3.67. The number of nitro groups is 1. The Kier molecular flexibility index (Phi) is 5.17. The molecular formula is C17H12ClN3O3S2. The Balaban J connectivity index is 1.77. The highest BCUT2D eigenvalue weighted by Crippen LogP contribution is 2.35. The van der Waals surface area contributed by atoms with Gasteiger partial charge in [-0.05, 0) is 30.8 Å². The van der Waals surface area contributed by atoms with Gasteiger partial charge in [-0.25, -0.2) is 0 Å². The maximum Gasteiger partial charge on any atom is 0.271 e. The van der Waals surface area contributed by atoms with Crippen molar-refractivity contribution in [1.82, 2.24) is 5.32 Å². The molecule has 1 heterocycles. The van der Waals surface area contributed by atoms with E-state index in [0.29, 0.717) is 15.6 Å². The van der Waals surface area contributed by atoms with Crippen LogP contribution >= 0.6 is 35.2 Å². The SMILES string of the molecule is Cc1ccc([N+](=O)[O-])cc1NC(=S)NC(=O)c1sc2ccccc2c1Cl. The molecule has 0 spiro atoms. The lowest BCUT2D eigenvalue weighted by Gasteiger charge is -2.11. The van der Waals surface area contributed by atoms with E-state index in [1.165, 1.54) is 23.5 Å². The minimum atomic E-state index is -0.497. The van der Waals surface area contributed by atoms with Crippen molar-refractivity contribution in [2.24, 2.45) is 0 Å². The van der Waals surface area contributed by atoms with E-state index in [-0.39, 0.29) is 10.8 Å². The van der Waals surface area contributed by atoms with Gasteiger partial charge < -0.3 is 5.32 Å². The molecule has 0 unspecified atom stereocenters. The first kappa shape index (κ1) is 18.2. The summed E-state index contributed by atoms with van der Waals surface area (Å²) in [4.78, 5) is 23.2. The number of nitrogens with zero attached hydrogens (tertiary/aromatic N) is 1. The topological polar surface area (TPSA) is 84.3 Å².